The molecule has 0 radical (unpaired) electrons. The molecule has 0 saturated carbocycles. The van der Waals surface area contributed by atoms with Crippen molar-refractivity contribution in [1.29, 1.82) is 0 Å². The molecule has 0 aromatic heterocycles. The summed E-state index contributed by atoms with van der Waals surface area (Å²) in [7, 11) is 0. The van der Waals surface area contributed by atoms with Gasteiger partial charge in [-0.25, -0.2) is 0 Å². The van der Waals surface area contributed by atoms with Crippen LogP contribution in [0.5, 0.6) is 0 Å². The van der Waals surface area contributed by atoms with Crippen molar-refractivity contribution in [2.24, 2.45) is 11.3 Å². The zero-order valence-electron chi connectivity index (χ0n) is 6.68. The lowest BCUT2D eigenvalue weighted by molar-refractivity contribution is -0.0411. The van der Waals surface area contributed by atoms with Gasteiger partial charge in [-0.05, 0) is 6.42 Å². The third-order valence-electron chi connectivity index (χ3n) is 3.11. The first-order valence-corrected chi connectivity index (χ1v) is 4.27. The van der Waals surface area contributed by atoms with Gasteiger partial charge in [0.05, 0.1) is 13.2 Å². The van der Waals surface area contributed by atoms with E-state index < -0.39 is 0 Å². The molecule has 2 N–H and O–H groups in total. The molecule has 0 unspecified atom stereocenters. The monoisotopic (exact) mass is 157 g/mol. The zero-order valence-corrected chi connectivity index (χ0v) is 6.68. The fraction of sp³-hybridized carbons (Fsp3) is 1.00. The second-order valence-corrected chi connectivity index (χ2v) is 3.67. The van der Waals surface area contributed by atoms with Crippen molar-refractivity contribution in [2.45, 2.75) is 6.42 Å². The molecule has 2 heterocycles. The van der Waals surface area contributed by atoms with Gasteiger partial charge in [-0.3, -0.25) is 0 Å². The highest BCUT2D eigenvalue weighted by Crippen LogP contribution is 2.37. The van der Waals surface area contributed by atoms with Gasteiger partial charge in [-0.15, -0.1) is 0 Å². The first kappa shape index (κ1) is 7.53. The highest BCUT2D eigenvalue weighted by molar-refractivity contribution is 4.96. The minimum atomic E-state index is 0.151. The number of fused-ring (bicyclic) bond motifs is 1. The van der Waals surface area contributed by atoms with E-state index in [0.29, 0.717) is 12.5 Å². The van der Waals surface area contributed by atoms with E-state index in [9.17, 15) is 5.11 Å². The summed E-state index contributed by atoms with van der Waals surface area (Å²) in [5.41, 5.74) is 0.151. The topological polar surface area (TPSA) is 41.5 Å². The molecule has 2 aliphatic rings. The number of hydrogen-bond acceptors (Lipinski definition) is 3. The Bertz CT molecular complexity index is 151. The Morgan fingerprint density at radius 1 is 1.64 bits per heavy atom. The molecule has 2 fully saturated rings. The highest BCUT2D eigenvalue weighted by Gasteiger charge is 2.44. The van der Waals surface area contributed by atoms with Crippen molar-refractivity contribution in [3.05, 3.63) is 0 Å². The number of aliphatic hydroxyl groups excluding tert-OH is 1. The van der Waals surface area contributed by atoms with Gasteiger partial charge < -0.3 is 15.2 Å². The Morgan fingerprint density at radius 3 is 3.27 bits per heavy atom. The third-order valence-corrected chi connectivity index (χ3v) is 3.11. The van der Waals surface area contributed by atoms with Crippen LogP contribution in [0.2, 0.25) is 0 Å². The molecule has 3 nitrogen and oxygen atoms in total. The van der Waals surface area contributed by atoms with E-state index in [1.54, 1.807) is 0 Å². The van der Waals surface area contributed by atoms with E-state index >= 15 is 0 Å². The van der Waals surface area contributed by atoms with Gasteiger partial charge in [0.2, 0.25) is 0 Å². The molecule has 11 heavy (non-hydrogen) atoms. The predicted molar refractivity (Wildman–Crippen MR) is 41.3 cm³/mol. The second-order valence-electron chi connectivity index (χ2n) is 3.67. The summed E-state index contributed by atoms with van der Waals surface area (Å²) in [4.78, 5) is 0. The SMILES string of the molecule is OC[C@@]12CCOC[C@@H]1CNC2. The Labute approximate surface area is 66.7 Å². The Balaban J connectivity index is 2.12. The largest absolute Gasteiger partial charge is 0.396 e. The number of hydrogen-bond donors (Lipinski definition) is 2. The first-order chi connectivity index (χ1) is 5.37. The Morgan fingerprint density at radius 2 is 2.55 bits per heavy atom. The second kappa shape index (κ2) is 2.73. The van der Waals surface area contributed by atoms with Gasteiger partial charge in [0, 0.05) is 31.0 Å². The number of nitrogens with one attached hydrogen (secondary N) is 1. The van der Waals surface area contributed by atoms with E-state index in [-0.39, 0.29) is 5.41 Å². The normalized spacial score (nSPS) is 43.9. The fourth-order valence-electron chi connectivity index (χ4n) is 2.15. The van der Waals surface area contributed by atoms with Crippen LogP contribution in [-0.4, -0.2) is 38.0 Å². The van der Waals surface area contributed by atoms with Crippen LogP contribution in [0, 0.1) is 11.3 Å². The minimum Gasteiger partial charge on any atom is -0.396 e. The van der Waals surface area contributed by atoms with E-state index in [1.807, 2.05) is 0 Å². The van der Waals surface area contributed by atoms with Crippen molar-refractivity contribution in [2.75, 3.05) is 32.9 Å². The quantitative estimate of drug-likeness (QED) is 0.544. The minimum absolute atomic E-state index is 0.151. The smallest absolute Gasteiger partial charge is 0.0513 e. The predicted octanol–water partition coefficient (Wildman–Crippen LogP) is -0.395. The maximum absolute atomic E-state index is 9.26. The van der Waals surface area contributed by atoms with E-state index in [4.69, 9.17) is 4.74 Å². The third kappa shape index (κ3) is 1.08. The van der Waals surface area contributed by atoms with Gasteiger partial charge in [0.15, 0.2) is 0 Å². The summed E-state index contributed by atoms with van der Waals surface area (Å²) in [5.74, 6) is 0.543. The van der Waals surface area contributed by atoms with Crippen LogP contribution in [0.1, 0.15) is 6.42 Å². The molecule has 2 atom stereocenters. The van der Waals surface area contributed by atoms with Gasteiger partial charge in [0.1, 0.15) is 0 Å². The summed E-state index contributed by atoms with van der Waals surface area (Å²) >= 11 is 0. The van der Waals surface area contributed by atoms with Crippen LogP contribution in [-0.2, 0) is 4.74 Å². The van der Waals surface area contributed by atoms with Crippen LogP contribution in [0.15, 0.2) is 0 Å². The van der Waals surface area contributed by atoms with Crippen LogP contribution in [0.4, 0.5) is 0 Å². The van der Waals surface area contributed by atoms with Crippen molar-refractivity contribution in [3.63, 3.8) is 0 Å². The van der Waals surface area contributed by atoms with Gasteiger partial charge in [-0.2, -0.15) is 0 Å². The van der Waals surface area contributed by atoms with Gasteiger partial charge in [-0.1, -0.05) is 0 Å². The molecule has 0 amide bonds. The molecule has 2 rings (SSSR count). The van der Waals surface area contributed by atoms with Crippen LogP contribution in [0.3, 0.4) is 0 Å². The molecule has 0 aromatic carbocycles. The molecular weight excluding hydrogens is 142 g/mol. The standard InChI is InChI=1S/C8H15NO2/c10-6-8-1-2-11-4-7(8)3-9-5-8/h7,9-10H,1-6H2/t7-,8-/m0/s1. The Kier molecular flexibility index (Phi) is 1.87. The number of ether oxygens (including phenoxy) is 1. The molecule has 0 aliphatic carbocycles. The van der Waals surface area contributed by atoms with Crippen LogP contribution in [0.25, 0.3) is 0 Å². The molecule has 0 aromatic rings. The first-order valence-electron chi connectivity index (χ1n) is 4.27. The summed E-state index contributed by atoms with van der Waals surface area (Å²) in [6.07, 6.45) is 1.02. The van der Waals surface area contributed by atoms with Gasteiger partial charge >= 0.3 is 0 Å². The summed E-state index contributed by atoms with van der Waals surface area (Å²) in [6.45, 7) is 3.94. The van der Waals surface area contributed by atoms with Crippen LogP contribution < -0.4 is 5.32 Å². The molecule has 0 spiro atoms. The van der Waals surface area contributed by atoms with Crippen molar-refractivity contribution < 1.29 is 9.84 Å². The molecule has 0 bridgehead atoms. The summed E-state index contributed by atoms with van der Waals surface area (Å²) in [5, 5.41) is 12.6. The number of aliphatic hydroxyl groups is 1. The molecule has 64 valence electrons. The average molecular weight is 157 g/mol. The lowest BCUT2D eigenvalue weighted by Gasteiger charge is -2.36. The molecular formula is C8H15NO2. The van der Waals surface area contributed by atoms with E-state index in [2.05, 4.69) is 5.32 Å². The maximum Gasteiger partial charge on any atom is 0.0513 e. The Hall–Kier alpha value is -0.120. The zero-order chi connectivity index (χ0) is 7.73. The molecule has 2 aliphatic heterocycles. The van der Waals surface area contributed by atoms with E-state index in [1.165, 1.54) is 0 Å². The lowest BCUT2D eigenvalue weighted by atomic mass is 9.75. The average Bonchev–Trinajstić information content (AvgIpc) is 2.48. The summed E-state index contributed by atoms with van der Waals surface area (Å²) < 4.78 is 5.36. The summed E-state index contributed by atoms with van der Waals surface area (Å²) in [6, 6.07) is 0. The fourth-order valence-corrected chi connectivity index (χ4v) is 2.15. The highest BCUT2D eigenvalue weighted by atomic mass is 16.5. The van der Waals surface area contributed by atoms with Crippen molar-refractivity contribution in [1.82, 2.24) is 5.32 Å². The van der Waals surface area contributed by atoms with Crippen molar-refractivity contribution >= 4 is 0 Å². The molecule has 3 heteroatoms. The van der Waals surface area contributed by atoms with E-state index in [0.717, 1.165) is 32.7 Å². The molecule has 2 saturated heterocycles. The van der Waals surface area contributed by atoms with Crippen LogP contribution >= 0.6 is 0 Å². The lowest BCUT2D eigenvalue weighted by Crippen LogP contribution is -2.41. The van der Waals surface area contributed by atoms with Gasteiger partial charge in [0.25, 0.3) is 0 Å². The van der Waals surface area contributed by atoms with Crippen molar-refractivity contribution in [3.8, 4) is 0 Å². The maximum atomic E-state index is 9.26. The number of rotatable bonds is 1.